The van der Waals surface area contributed by atoms with Crippen molar-refractivity contribution in [3.63, 3.8) is 0 Å². The molecule has 41 heavy (non-hydrogen) atoms. The quantitative estimate of drug-likeness (QED) is 0.182. The Morgan fingerprint density at radius 1 is 1.07 bits per heavy atom. The van der Waals surface area contributed by atoms with Crippen LogP contribution >= 0.6 is 11.8 Å². The summed E-state index contributed by atoms with van der Waals surface area (Å²) in [5.74, 6) is -4.34. The van der Waals surface area contributed by atoms with Crippen LogP contribution in [-0.4, -0.2) is 95.3 Å². The predicted octanol–water partition coefficient (Wildman–Crippen LogP) is 1.00. The molecule has 6 N–H and O–H groups in total. The number of aliphatic carboxylic acids is 1. The van der Waals surface area contributed by atoms with Crippen LogP contribution in [0.3, 0.4) is 0 Å². The molecule has 4 atom stereocenters. The molecule has 0 aliphatic carbocycles. The maximum absolute atomic E-state index is 13.5. The third kappa shape index (κ3) is 5.79. The summed E-state index contributed by atoms with van der Waals surface area (Å²) in [4.78, 5) is 66.8. The standard InChI is InChI=1S/C27H30N4O9S/c1-27(2)20(25(38)39)31-23(37)19(24(31)41-27)28-21(35)18(14-7-4-3-5-8-14)29-26(40)30(11-6-12-32)22(36)15-9-10-16(33)17(34)13-15/h3-5,7-10,13,18-20,24,32-34H,6,11-12H2,1-2H3,(H,28,35)(H,29,40)(H,38,39)/t18?,19?,20-,24?/m0/s1. The normalized spacial score (nSPS) is 21.3. The van der Waals surface area contributed by atoms with Crippen LogP contribution < -0.4 is 10.6 Å². The summed E-state index contributed by atoms with van der Waals surface area (Å²) >= 11 is 1.25. The summed E-state index contributed by atoms with van der Waals surface area (Å²) in [6, 6.07) is 6.98. The zero-order valence-electron chi connectivity index (χ0n) is 22.2. The maximum atomic E-state index is 13.5. The number of fused-ring (bicyclic) bond motifs is 1. The largest absolute Gasteiger partial charge is 0.504 e. The van der Waals surface area contributed by atoms with E-state index >= 15 is 0 Å². The van der Waals surface area contributed by atoms with Crippen LogP contribution in [0.2, 0.25) is 0 Å². The number of phenolic OH excluding ortho intramolecular Hbond substituents is 2. The Kier molecular flexibility index (Phi) is 8.44. The molecule has 4 rings (SSSR count). The van der Waals surface area contributed by atoms with Crippen molar-refractivity contribution in [2.45, 2.75) is 48.5 Å². The number of carbonyl (C=O) groups is 5. The number of nitrogens with one attached hydrogen (secondary N) is 2. The van der Waals surface area contributed by atoms with Gasteiger partial charge in [0, 0.05) is 23.5 Å². The average molecular weight is 587 g/mol. The molecular formula is C27H30N4O9S. The fraction of sp³-hybridized carbons (Fsp3) is 0.370. The van der Waals surface area contributed by atoms with E-state index in [1.165, 1.54) is 22.7 Å². The molecule has 5 amide bonds. The van der Waals surface area contributed by atoms with Gasteiger partial charge in [0.25, 0.3) is 5.91 Å². The Balaban J connectivity index is 1.56. The molecule has 3 unspecified atom stereocenters. The van der Waals surface area contributed by atoms with Crippen molar-refractivity contribution in [1.82, 2.24) is 20.4 Å². The Morgan fingerprint density at radius 2 is 1.76 bits per heavy atom. The summed E-state index contributed by atoms with van der Waals surface area (Å²) in [6.45, 7) is 2.85. The van der Waals surface area contributed by atoms with Gasteiger partial charge in [-0.3, -0.25) is 19.3 Å². The van der Waals surface area contributed by atoms with Crippen molar-refractivity contribution in [3.05, 3.63) is 59.7 Å². The molecule has 2 aromatic carbocycles. The lowest BCUT2D eigenvalue weighted by Crippen LogP contribution is -2.71. The van der Waals surface area contributed by atoms with E-state index in [0.717, 1.165) is 17.0 Å². The van der Waals surface area contributed by atoms with E-state index in [4.69, 9.17) is 0 Å². The Bertz CT molecular complexity index is 1370. The number of aliphatic hydroxyl groups excluding tert-OH is 1. The van der Waals surface area contributed by atoms with Crippen molar-refractivity contribution < 1.29 is 44.4 Å². The average Bonchev–Trinajstić information content (AvgIpc) is 3.20. The van der Waals surface area contributed by atoms with Crippen molar-refractivity contribution in [3.8, 4) is 11.5 Å². The smallest absolute Gasteiger partial charge is 0.327 e. The second kappa shape index (κ2) is 11.7. The van der Waals surface area contributed by atoms with E-state index < -0.39 is 69.5 Å². The molecule has 14 heteroatoms. The highest BCUT2D eigenvalue weighted by molar-refractivity contribution is 8.01. The molecule has 2 aromatic rings. The van der Waals surface area contributed by atoms with Crippen molar-refractivity contribution in [2.24, 2.45) is 0 Å². The summed E-state index contributed by atoms with van der Waals surface area (Å²) in [7, 11) is 0. The highest BCUT2D eigenvalue weighted by Crippen LogP contribution is 2.50. The van der Waals surface area contributed by atoms with Crippen molar-refractivity contribution in [2.75, 3.05) is 13.2 Å². The summed E-state index contributed by atoms with van der Waals surface area (Å²) in [5, 5.41) is 42.9. The number of aliphatic hydroxyl groups is 1. The summed E-state index contributed by atoms with van der Waals surface area (Å²) < 4.78 is -0.797. The van der Waals surface area contributed by atoms with Gasteiger partial charge in [0.05, 0.1) is 0 Å². The highest BCUT2D eigenvalue weighted by Gasteiger charge is 2.64. The fourth-order valence-corrected chi connectivity index (χ4v) is 6.49. The van der Waals surface area contributed by atoms with Crippen LogP contribution in [0.15, 0.2) is 48.5 Å². The molecule has 2 aliphatic rings. The first kappa shape index (κ1) is 29.7. The molecule has 2 heterocycles. The number of carboxylic acid groups (broad SMARTS) is 1. The zero-order chi connectivity index (χ0) is 30.1. The molecule has 13 nitrogen and oxygen atoms in total. The number of carbonyl (C=O) groups excluding carboxylic acids is 4. The van der Waals surface area contributed by atoms with Crippen molar-refractivity contribution >= 4 is 41.5 Å². The van der Waals surface area contributed by atoms with E-state index in [1.807, 2.05) is 0 Å². The number of nitrogens with zero attached hydrogens (tertiary/aromatic N) is 2. The van der Waals surface area contributed by atoms with Crippen LogP contribution in [0.1, 0.15) is 42.2 Å². The van der Waals surface area contributed by atoms with Gasteiger partial charge in [0.15, 0.2) is 11.5 Å². The van der Waals surface area contributed by atoms with E-state index in [1.54, 1.807) is 44.2 Å². The van der Waals surface area contributed by atoms with Crippen LogP contribution in [0.5, 0.6) is 11.5 Å². The van der Waals surface area contributed by atoms with Crippen LogP contribution in [0, 0.1) is 0 Å². The van der Waals surface area contributed by atoms with E-state index in [-0.39, 0.29) is 25.1 Å². The maximum Gasteiger partial charge on any atom is 0.327 e. The number of hydrogen-bond acceptors (Lipinski definition) is 9. The molecule has 218 valence electrons. The highest BCUT2D eigenvalue weighted by atomic mass is 32.2. The number of rotatable bonds is 9. The van der Waals surface area contributed by atoms with Gasteiger partial charge in [-0.2, -0.15) is 0 Å². The second-order valence-corrected chi connectivity index (χ2v) is 11.9. The summed E-state index contributed by atoms with van der Waals surface area (Å²) in [5.41, 5.74) is 0.227. The van der Waals surface area contributed by atoms with Crippen LogP contribution in [0.4, 0.5) is 4.79 Å². The first-order valence-electron chi connectivity index (χ1n) is 12.7. The van der Waals surface area contributed by atoms with E-state index in [2.05, 4.69) is 10.6 Å². The molecule has 0 bridgehead atoms. The number of benzene rings is 2. The van der Waals surface area contributed by atoms with Gasteiger partial charge in [0.1, 0.15) is 23.5 Å². The topological polar surface area (TPSA) is 197 Å². The molecule has 2 fully saturated rings. The number of thioether (sulfide) groups is 1. The van der Waals surface area contributed by atoms with Gasteiger partial charge in [-0.05, 0) is 44.0 Å². The van der Waals surface area contributed by atoms with Crippen LogP contribution in [-0.2, 0) is 14.4 Å². The van der Waals surface area contributed by atoms with E-state index in [0.29, 0.717) is 5.56 Å². The minimum absolute atomic E-state index is 0.0251. The lowest BCUT2D eigenvalue weighted by molar-refractivity contribution is -0.161. The van der Waals surface area contributed by atoms with Crippen molar-refractivity contribution in [1.29, 1.82) is 0 Å². The molecule has 2 aliphatic heterocycles. The number of hydrogen-bond donors (Lipinski definition) is 6. The molecule has 0 saturated carbocycles. The molecular weight excluding hydrogens is 556 g/mol. The zero-order valence-corrected chi connectivity index (χ0v) is 23.0. The number of amides is 5. The lowest BCUT2D eigenvalue weighted by atomic mass is 9.95. The monoisotopic (exact) mass is 586 g/mol. The first-order valence-corrected chi connectivity index (χ1v) is 13.6. The number of aromatic hydroxyl groups is 2. The number of carboxylic acids is 1. The SMILES string of the molecule is CC1(C)SC2C(NC(=O)C(NC(=O)N(CCCO)C(=O)c3ccc(O)c(O)c3)c3ccccc3)C(=O)N2[C@H]1C(=O)O. The van der Waals surface area contributed by atoms with Gasteiger partial charge >= 0.3 is 12.0 Å². The second-order valence-electron chi connectivity index (χ2n) is 10.1. The van der Waals surface area contributed by atoms with E-state index in [9.17, 15) is 44.4 Å². The first-order chi connectivity index (χ1) is 19.4. The van der Waals surface area contributed by atoms with Crippen LogP contribution in [0.25, 0.3) is 0 Å². The Labute approximate surface area is 239 Å². The molecule has 2 saturated heterocycles. The van der Waals surface area contributed by atoms with Gasteiger partial charge in [-0.1, -0.05) is 30.3 Å². The number of phenols is 2. The number of imide groups is 1. The van der Waals surface area contributed by atoms with Gasteiger partial charge in [-0.25, -0.2) is 9.59 Å². The Morgan fingerprint density at radius 3 is 2.37 bits per heavy atom. The Hall–Kier alpha value is -4.30. The lowest BCUT2D eigenvalue weighted by Gasteiger charge is -2.44. The molecule has 0 spiro atoms. The summed E-state index contributed by atoms with van der Waals surface area (Å²) in [6.07, 6.45) is 0.0251. The van der Waals surface area contributed by atoms with Gasteiger partial charge in [0.2, 0.25) is 11.8 Å². The number of β-lactam (4-membered cyclic amide) rings is 1. The minimum Gasteiger partial charge on any atom is -0.504 e. The minimum atomic E-state index is -1.35. The number of urea groups is 1. The third-order valence-corrected chi connectivity index (χ3v) is 8.46. The van der Waals surface area contributed by atoms with Gasteiger partial charge in [-0.15, -0.1) is 11.8 Å². The van der Waals surface area contributed by atoms with Gasteiger partial charge < -0.3 is 36.0 Å². The molecule has 0 aromatic heterocycles. The predicted molar refractivity (Wildman–Crippen MR) is 146 cm³/mol. The molecule has 0 radical (unpaired) electrons. The fourth-order valence-electron chi connectivity index (χ4n) is 4.87. The third-order valence-electron chi connectivity index (χ3n) is 6.89.